The second kappa shape index (κ2) is 8.25. The predicted molar refractivity (Wildman–Crippen MR) is 119 cm³/mol. The van der Waals surface area contributed by atoms with Crippen LogP contribution < -0.4 is 20.5 Å². The minimum Gasteiger partial charge on any atom is -0.493 e. The van der Waals surface area contributed by atoms with Crippen molar-refractivity contribution in [2.24, 2.45) is 10.7 Å². The first-order valence-electron chi connectivity index (χ1n) is 10.3. The van der Waals surface area contributed by atoms with Crippen LogP contribution in [0.2, 0.25) is 0 Å². The zero-order chi connectivity index (χ0) is 23.9. The molecule has 33 heavy (non-hydrogen) atoms. The van der Waals surface area contributed by atoms with E-state index in [0.717, 1.165) is 0 Å². The van der Waals surface area contributed by atoms with Crippen molar-refractivity contribution in [2.75, 3.05) is 31.0 Å². The van der Waals surface area contributed by atoms with Crippen LogP contribution in [0.1, 0.15) is 36.3 Å². The number of aliphatic imine (C=N–C) groups is 1. The molecule has 2 aliphatic rings. The number of rotatable bonds is 5. The smallest absolute Gasteiger partial charge is 0.275 e. The second-order valence-corrected chi connectivity index (χ2v) is 10.9. The summed E-state index contributed by atoms with van der Waals surface area (Å²) in [6, 6.07) is 4.93. The van der Waals surface area contributed by atoms with Gasteiger partial charge in [0.2, 0.25) is 5.88 Å². The minimum absolute atomic E-state index is 0.0236. The molecule has 2 aliphatic heterocycles. The molecule has 0 unspecified atom stereocenters. The molecule has 1 aromatic heterocycles. The van der Waals surface area contributed by atoms with Crippen LogP contribution in [0.5, 0.6) is 11.6 Å². The number of anilines is 1. The number of carbonyl (C=O) groups excluding carboxylic acids is 1. The zero-order valence-electron chi connectivity index (χ0n) is 18.2. The van der Waals surface area contributed by atoms with E-state index < -0.39 is 32.7 Å². The van der Waals surface area contributed by atoms with E-state index in [2.05, 4.69) is 20.3 Å². The maximum Gasteiger partial charge on any atom is 0.275 e. The van der Waals surface area contributed by atoms with Crippen molar-refractivity contribution in [1.29, 1.82) is 0 Å². The first-order chi connectivity index (χ1) is 15.6. The van der Waals surface area contributed by atoms with Crippen molar-refractivity contribution < 1.29 is 27.1 Å². The Morgan fingerprint density at radius 2 is 2.09 bits per heavy atom. The normalized spacial score (nSPS) is 22.6. The fourth-order valence-electron chi connectivity index (χ4n) is 3.73. The van der Waals surface area contributed by atoms with Crippen molar-refractivity contribution in [3.63, 3.8) is 0 Å². The molecule has 1 amide bonds. The van der Waals surface area contributed by atoms with Gasteiger partial charge < -0.3 is 20.5 Å². The van der Waals surface area contributed by atoms with Gasteiger partial charge in [0, 0.05) is 17.7 Å². The molecule has 4 rings (SSSR count). The van der Waals surface area contributed by atoms with Crippen LogP contribution in [0.25, 0.3) is 0 Å². The standard InChI is InChI=1S/C21H24FN5O5S/c1-20(2)19(23)27-21(12-33(20,29)30)5-7-31-16-4-3-13(9-14(16)21)26-18(28)15-10-25-17(11-24-15)32-8-6-22/h3-4,9-11H,5-8,12H2,1-2H3,(H2,23,27)(H,26,28)/t21-/m0/s1. The molecular weight excluding hydrogens is 453 g/mol. The van der Waals surface area contributed by atoms with Gasteiger partial charge in [0.05, 0.1) is 24.8 Å². The molecule has 3 N–H and O–H groups in total. The fourth-order valence-corrected chi connectivity index (χ4v) is 5.44. The average Bonchev–Trinajstić information content (AvgIpc) is 2.77. The average molecular weight is 478 g/mol. The molecule has 1 spiro atoms. The van der Waals surface area contributed by atoms with E-state index in [0.29, 0.717) is 23.4 Å². The quantitative estimate of drug-likeness (QED) is 0.661. The van der Waals surface area contributed by atoms with E-state index in [-0.39, 0.29) is 36.4 Å². The number of carbonyl (C=O) groups is 1. The molecule has 0 saturated heterocycles. The van der Waals surface area contributed by atoms with Crippen molar-refractivity contribution in [2.45, 2.75) is 30.6 Å². The lowest BCUT2D eigenvalue weighted by atomic mass is 9.85. The van der Waals surface area contributed by atoms with Gasteiger partial charge in [-0.3, -0.25) is 9.79 Å². The number of hydrogen-bond acceptors (Lipinski definition) is 9. The van der Waals surface area contributed by atoms with Crippen LogP contribution in [0.3, 0.4) is 0 Å². The maximum atomic E-state index is 13.0. The number of amides is 1. The molecule has 0 radical (unpaired) electrons. The summed E-state index contributed by atoms with van der Waals surface area (Å²) in [7, 11) is -3.60. The summed E-state index contributed by atoms with van der Waals surface area (Å²) in [4.78, 5) is 25.2. The Balaban J connectivity index is 1.63. The molecule has 0 bridgehead atoms. The van der Waals surface area contributed by atoms with E-state index in [1.807, 2.05) is 0 Å². The number of aromatic nitrogens is 2. The number of alkyl halides is 1. The fraction of sp³-hybridized carbons (Fsp3) is 0.429. The highest BCUT2D eigenvalue weighted by Crippen LogP contribution is 2.46. The Kier molecular flexibility index (Phi) is 5.72. The number of amidine groups is 1. The Bertz CT molecular complexity index is 1220. The minimum atomic E-state index is -3.60. The highest BCUT2D eigenvalue weighted by atomic mass is 32.2. The van der Waals surface area contributed by atoms with E-state index in [4.69, 9.17) is 15.2 Å². The van der Waals surface area contributed by atoms with Crippen molar-refractivity contribution in [1.82, 2.24) is 9.97 Å². The SMILES string of the molecule is CC1(C)C(N)=N[C@@]2(CCOc3ccc(NC(=O)c4cnc(OCCF)cn4)cc32)CS1(=O)=O. The van der Waals surface area contributed by atoms with Crippen molar-refractivity contribution in [3.05, 3.63) is 41.9 Å². The second-order valence-electron chi connectivity index (χ2n) is 8.34. The highest BCUT2D eigenvalue weighted by molar-refractivity contribution is 7.93. The van der Waals surface area contributed by atoms with Crippen molar-refractivity contribution in [3.8, 4) is 11.6 Å². The first kappa shape index (κ1) is 22.9. The Labute approximate surface area is 190 Å². The zero-order valence-corrected chi connectivity index (χ0v) is 19.0. The third-order valence-corrected chi connectivity index (χ3v) is 8.48. The molecule has 0 saturated carbocycles. The lowest BCUT2D eigenvalue weighted by Crippen LogP contribution is -2.56. The molecule has 1 aromatic carbocycles. The van der Waals surface area contributed by atoms with Crippen LogP contribution in [0, 0.1) is 0 Å². The number of nitrogens with one attached hydrogen (secondary N) is 1. The van der Waals surface area contributed by atoms with E-state index in [1.165, 1.54) is 12.4 Å². The molecular formula is C21H24FN5O5S. The highest BCUT2D eigenvalue weighted by Gasteiger charge is 2.52. The number of nitrogens with zero attached hydrogens (tertiary/aromatic N) is 3. The van der Waals surface area contributed by atoms with Gasteiger partial charge in [-0.15, -0.1) is 0 Å². The predicted octanol–water partition coefficient (Wildman–Crippen LogP) is 1.62. The topological polar surface area (TPSA) is 146 Å². The van der Waals surface area contributed by atoms with Gasteiger partial charge in [0.1, 0.15) is 40.8 Å². The van der Waals surface area contributed by atoms with Crippen molar-refractivity contribution >= 4 is 27.3 Å². The number of hydrogen-bond donors (Lipinski definition) is 2. The molecule has 10 nitrogen and oxygen atoms in total. The van der Waals surface area contributed by atoms with Gasteiger partial charge >= 0.3 is 0 Å². The summed E-state index contributed by atoms with van der Waals surface area (Å²) in [6.07, 6.45) is 2.78. The molecule has 0 aliphatic carbocycles. The summed E-state index contributed by atoms with van der Waals surface area (Å²) >= 11 is 0. The first-order valence-corrected chi connectivity index (χ1v) is 11.9. The summed E-state index contributed by atoms with van der Waals surface area (Å²) in [5.74, 6) is -0.117. The third kappa shape index (κ3) is 4.10. The Hall–Kier alpha value is -3.28. The number of benzene rings is 1. The number of ether oxygens (including phenoxy) is 2. The van der Waals surface area contributed by atoms with Gasteiger partial charge in [0.25, 0.3) is 5.91 Å². The summed E-state index contributed by atoms with van der Waals surface area (Å²) in [5.41, 5.74) is 5.97. The number of sulfone groups is 1. The van der Waals surface area contributed by atoms with Crippen LogP contribution in [-0.4, -0.2) is 60.5 Å². The lowest BCUT2D eigenvalue weighted by molar-refractivity contribution is 0.102. The maximum absolute atomic E-state index is 13.0. The third-order valence-electron chi connectivity index (χ3n) is 5.86. The molecule has 176 valence electrons. The van der Waals surface area contributed by atoms with Gasteiger partial charge in [0.15, 0.2) is 9.84 Å². The summed E-state index contributed by atoms with van der Waals surface area (Å²) in [6.45, 7) is 2.55. The Morgan fingerprint density at radius 3 is 2.76 bits per heavy atom. The van der Waals surface area contributed by atoms with E-state index in [1.54, 1.807) is 32.0 Å². The lowest BCUT2D eigenvalue weighted by Gasteiger charge is -2.42. The Morgan fingerprint density at radius 1 is 1.30 bits per heavy atom. The van der Waals surface area contributed by atoms with Crippen LogP contribution in [-0.2, 0) is 15.4 Å². The number of halogens is 1. The number of fused-ring (bicyclic) bond motifs is 2. The summed E-state index contributed by atoms with van der Waals surface area (Å²) in [5, 5.41) is 2.71. The van der Waals surface area contributed by atoms with Gasteiger partial charge in [-0.2, -0.15) is 0 Å². The molecule has 0 fully saturated rings. The van der Waals surface area contributed by atoms with E-state index >= 15 is 0 Å². The molecule has 1 atom stereocenters. The van der Waals surface area contributed by atoms with E-state index in [9.17, 15) is 17.6 Å². The molecule has 12 heteroatoms. The molecule has 3 heterocycles. The monoisotopic (exact) mass is 477 g/mol. The molecule has 2 aromatic rings. The van der Waals surface area contributed by atoms with Gasteiger partial charge in [-0.05, 0) is 32.0 Å². The van der Waals surface area contributed by atoms with Crippen LogP contribution in [0.15, 0.2) is 35.6 Å². The largest absolute Gasteiger partial charge is 0.493 e. The summed E-state index contributed by atoms with van der Waals surface area (Å²) < 4.78 is 47.7. The van der Waals surface area contributed by atoms with Gasteiger partial charge in [-0.1, -0.05) is 0 Å². The van der Waals surface area contributed by atoms with Crippen LogP contribution in [0.4, 0.5) is 10.1 Å². The van der Waals surface area contributed by atoms with Crippen LogP contribution >= 0.6 is 0 Å². The van der Waals surface area contributed by atoms with Gasteiger partial charge in [-0.25, -0.2) is 22.8 Å². The number of nitrogens with two attached hydrogens (primary N) is 1.